The fourth-order valence-corrected chi connectivity index (χ4v) is 6.77. The zero-order chi connectivity index (χ0) is 22.4. The van der Waals surface area contributed by atoms with Gasteiger partial charge < -0.3 is 15.3 Å². The Balaban J connectivity index is 1.96. The number of aliphatic hydroxyl groups is 1. The Bertz CT molecular complexity index is 1120. The first kappa shape index (κ1) is 21.5. The molecule has 9 heteroatoms. The van der Waals surface area contributed by atoms with Gasteiger partial charge in [0.25, 0.3) is 0 Å². The van der Waals surface area contributed by atoms with Crippen LogP contribution in [0.25, 0.3) is 0 Å². The van der Waals surface area contributed by atoms with Gasteiger partial charge >= 0.3 is 0 Å². The van der Waals surface area contributed by atoms with E-state index in [0.717, 1.165) is 5.56 Å². The largest absolute Gasteiger partial charge is 0.395 e. The van der Waals surface area contributed by atoms with Crippen LogP contribution in [0.5, 0.6) is 0 Å². The van der Waals surface area contributed by atoms with Crippen molar-refractivity contribution < 1.29 is 23.1 Å². The number of anilines is 1. The molecule has 0 unspecified atom stereocenters. The summed E-state index contributed by atoms with van der Waals surface area (Å²) in [5.74, 6) is -2.17. The Labute approximate surface area is 181 Å². The predicted molar refractivity (Wildman–Crippen MR) is 115 cm³/mol. The summed E-state index contributed by atoms with van der Waals surface area (Å²) < 4.78 is 28.5. The Morgan fingerprint density at radius 3 is 2.45 bits per heavy atom. The summed E-state index contributed by atoms with van der Waals surface area (Å²) in [4.78, 5) is 28.1. The van der Waals surface area contributed by atoms with Crippen LogP contribution in [0.1, 0.15) is 18.4 Å². The highest BCUT2D eigenvalue weighted by Gasteiger charge is 2.65. The van der Waals surface area contributed by atoms with Crippen molar-refractivity contribution in [2.75, 3.05) is 31.6 Å². The zero-order valence-electron chi connectivity index (χ0n) is 17.4. The summed E-state index contributed by atoms with van der Waals surface area (Å²) in [6.07, 6.45) is 0. The minimum Gasteiger partial charge on any atom is -0.395 e. The first-order valence-electron chi connectivity index (χ1n) is 10.1. The van der Waals surface area contributed by atoms with Gasteiger partial charge in [0, 0.05) is 31.7 Å². The number of carbonyl (C=O) groups is 2. The zero-order valence-corrected chi connectivity index (χ0v) is 18.2. The van der Waals surface area contributed by atoms with E-state index in [4.69, 9.17) is 0 Å². The number of benzene rings is 2. The molecule has 0 aromatic heterocycles. The van der Waals surface area contributed by atoms with Gasteiger partial charge in [-0.1, -0.05) is 36.4 Å². The topological polar surface area (TPSA) is 107 Å². The minimum atomic E-state index is -4.07. The Kier molecular flexibility index (Phi) is 5.36. The van der Waals surface area contributed by atoms with Crippen molar-refractivity contribution in [2.24, 2.45) is 5.92 Å². The molecule has 164 valence electrons. The third-order valence-corrected chi connectivity index (χ3v) is 8.34. The molecule has 0 bridgehead atoms. The van der Waals surface area contributed by atoms with E-state index in [1.165, 1.54) is 28.4 Å². The SMILES string of the molecule is CNC(=O)[C@H]1CN(S(=O)(=O)c2ccccc2)[C@]2(C)C(=O)N(CCO)c3ccccc3[C@H]12. The third kappa shape index (κ3) is 3.07. The number of β-amino-alcohol motifs (C(OH)–C–C–N with tert-alkyl or cyclic N) is 1. The van der Waals surface area contributed by atoms with Crippen molar-refractivity contribution >= 4 is 27.5 Å². The number of hydrogen-bond acceptors (Lipinski definition) is 5. The highest BCUT2D eigenvalue weighted by Crippen LogP contribution is 2.54. The van der Waals surface area contributed by atoms with Gasteiger partial charge in [-0.3, -0.25) is 9.59 Å². The second-order valence-electron chi connectivity index (χ2n) is 7.93. The summed E-state index contributed by atoms with van der Waals surface area (Å²) >= 11 is 0. The van der Waals surface area contributed by atoms with Crippen molar-refractivity contribution in [3.05, 3.63) is 60.2 Å². The molecule has 2 heterocycles. The number of fused-ring (bicyclic) bond motifs is 3. The fourth-order valence-electron chi connectivity index (χ4n) is 4.97. The summed E-state index contributed by atoms with van der Waals surface area (Å²) in [6, 6.07) is 15.1. The number of nitrogens with one attached hydrogen (secondary N) is 1. The quantitative estimate of drug-likeness (QED) is 0.715. The molecule has 31 heavy (non-hydrogen) atoms. The van der Waals surface area contributed by atoms with E-state index in [9.17, 15) is 23.1 Å². The lowest BCUT2D eigenvalue weighted by atomic mass is 9.72. The van der Waals surface area contributed by atoms with Crippen LogP contribution >= 0.6 is 0 Å². The third-order valence-electron chi connectivity index (χ3n) is 6.37. The number of amides is 2. The molecule has 2 aliphatic heterocycles. The van der Waals surface area contributed by atoms with Gasteiger partial charge in [0.05, 0.1) is 17.4 Å². The minimum absolute atomic E-state index is 0.0298. The predicted octanol–water partition coefficient (Wildman–Crippen LogP) is 0.935. The second-order valence-corrected chi connectivity index (χ2v) is 9.80. The number of carbonyl (C=O) groups excluding carboxylic acids is 2. The number of nitrogens with zero attached hydrogens (tertiary/aromatic N) is 2. The molecule has 0 saturated carbocycles. The number of sulfonamides is 1. The van der Waals surface area contributed by atoms with Crippen molar-refractivity contribution in [3.63, 3.8) is 0 Å². The molecule has 4 rings (SSSR count). The van der Waals surface area contributed by atoms with Gasteiger partial charge in [-0.25, -0.2) is 8.42 Å². The van der Waals surface area contributed by atoms with Crippen LogP contribution < -0.4 is 10.2 Å². The van der Waals surface area contributed by atoms with Crippen LogP contribution in [0.2, 0.25) is 0 Å². The Morgan fingerprint density at radius 2 is 1.81 bits per heavy atom. The van der Waals surface area contributed by atoms with E-state index in [-0.39, 0.29) is 30.5 Å². The van der Waals surface area contributed by atoms with Crippen molar-refractivity contribution in [2.45, 2.75) is 23.3 Å². The van der Waals surface area contributed by atoms with E-state index in [0.29, 0.717) is 5.69 Å². The van der Waals surface area contributed by atoms with E-state index in [2.05, 4.69) is 5.32 Å². The van der Waals surface area contributed by atoms with Crippen molar-refractivity contribution in [1.29, 1.82) is 0 Å². The van der Waals surface area contributed by atoms with Crippen LogP contribution in [-0.4, -0.2) is 61.9 Å². The van der Waals surface area contributed by atoms with Gasteiger partial charge in [0.15, 0.2) is 0 Å². The van der Waals surface area contributed by atoms with Crippen LogP contribution in [0.4, 0.5) is 5.69 Å². The van der Waals surface area contributed by atoms with E-state index >= 15 is 0 Å². The highest BCUT2D eigenvalue weighted by molar-refractivity contribution is 7.89. The van der Waals surface area contributed by atoms with Crippen LogP contribution in [0, 0.1) is 5.92 Å². The molecule has 8 nitrogen and oxygen atoms in total. The maximum Gasteiger partial charge on any atom is 0.249 e. The lowest BCUT2D eigenvalue weighted by Gasteiger charge is -2.46. The van der Waals surface area contributed by atoms with E-state index < -0.39 is 33.3 Å². The molecule has 2 aromatic carbocycles. The molecule has 0 radical (unpaired) electrons. The Hall–Kier alpha value is -2.75. The lowest BCUT2D eigenvalue weighted by molar-refractivity contribution is -0.128. The van der Waals surface area contributed by atoms with Gasteiger partial charge in [0.2, 0.25) is 21.8 Å². The summed E-state index contributed by atoms with van der Waals surface area (Å²) in [5, 5.41) is 12.2. The van der Waals surface area contributed by atoms with Crippen molar-refractivity contribution in [1.82, 2.24) is 9.62 Å². The van der Waals surface area contributed by atoms with Crippen LogP contribution in [0.15, 0.2) is 59.5 Å². The fraction of sp³-hybridized carbons (Fsp3) is 0.364. The molecule has 0 spiro atoms. The number of rotatable bonds is 5. The summed E-state index contributed by atoms with van der Waals surface area (Å²) in [5.41, 5.74) is -0.204. The average molecular weight is 444 g/mol. The molecule has 0 aliphatic carbocycles. The van der Waals surface area contributed by atoms with Gasteiger partial charge in [0.1, 0.15) is 5.54 Å². The normalized spacial score (nSPS) is 25.8. The monoisotopic (exact) mass is 443 g/mol. The maximum absolute atomic E-state index is 13.8. The van der Waals surface area contributed by atoms with E-state index in [1.54, 1.807) is 43.3 Å². The first-order valence-corrected chi connectivity index (χ1v) is 11.5. The molecule has 1 saturated heterocycles. The molecule has 2 N–H and O–H groups in total. The number of para-hydroxylation sites is 1. The first-order chi connectivity index (χ1) is 14.8. The molecular weight excluding hydrogens is 418 g/mol. The number of hydrogen-bond donors (Lipinski definition) is 2. The highest BCUT2D eigenvalue weighted by atomic mass is 32.2. The van der Waals surface area contributed by atoms with Crippen LogP contribution in [-0.2, 0) is 19.6 Å². The van der Waals surface area contributed by atoms with E-state index in [1.807, 2.05) is 6.07 Å². The van der Waals surface area contributed by atoms with Gasteiger partial charge in [-0.2, -0.15) is 4.31 Å². The lowest BCUT2D eigenvalue weighted by Crippen LogP contribution is -2.62. The average Bonchev–Trinajstić information content (AvgIpc) is 3.12. The van der Waals surface area contributed by atoms with Gasteiger partial charge in [-0.15, -0.1) is 0 Å². The van der Waals surface area contributed by atoms with Crippen LogP contribution in [0.3, 0.4) is 0 Å². The molecule has 2 aliphatic rings. The van der Waals surface area contributed by atoms with Gasteiger partial charge in [-0.05, 0) is 30.7 Å². The molecule has 2 aromatic rings. The summed E-state index contributed by atoms with van der Waals surface area (Å²) in [6.45, 7) is 1.22. The summed E-state index contributed by atoms with van der Waals surface area (Å²) in [7, 11) is -2.57. The number of aliphatic hydroxyl groups excluding tert-OH is 1. The smallest absolute Gasteiger partial charge is 0.249 e. The second kappa shape index (κ2) is 7.74. The molecule has 1 fully saturated rings. The maximum atomic E-state index is 13.8. The Morgan fingerprint density at radius 1 is 1.16 bits per heavy atom. The van der Waals surface area contributed by atoms with Crippen molar-refractivity contribution in [3.8, 4) is 0 Å². The molecular formula is C22H25N3O5S. The molecule has 2 amide bonds. The standard InChI is InChI=1S/C22H25N3O5S/c1-22-19(16-10-6-7-11-18(16)24(12-13-26)21(22)28)17(20(27)23-2)14-25(22)31(29,30)15-8-4-3-5-9-15/h3-11,17,19,26H,12-14H2,1-2H3,(H,23,27)/t17-,19+,22-/m0/s1. The molecule has 3 atom stereocenters.